The second-order valence-corrected chi connectivity index (χ2v) is 6.78. The highest BCUT2D eigenvalue weighted by Gasteiger charge is 2.26. The van der Waals surface area contributed by atoms with Crippen LogP contribution in [0.1, 0.15) is 28.4 Å². The second kappa shape index (κ2) is 7.43. The largest absolute Gasteiger partial charge is 0.493 e. The number of benzene rings is 3. The molecule has 1 aliphatic rings. The summed E-state index contributed by atoms with van der Waals surface area (Å²) in [7, 11) is 1.43. The minimum Gasteiger partial charge on any atom is -0.493 e. The number of amides is 1. The Morgan fingerprint density at radius 3 is 2.59 bits per heavy atom. The number of anilines is 1. The second-order valence-electron chi connectivity index (χ2n) is 6.78. The number of carbonyl (C=O) groups is 1. The first-order valence-corrected chi connectivity index (χ1v) is 9.37. The van der Waals surface area contributed by atoms with E-state index < -0.39 is 10.8 Å². The molecule has 0 radical (unpaired) electrons. The summed E-state index contributed by atoms with van der Waals surface area (Å²) < 4.78 is 10.7. The van der Waals surface area contributed by atoms with Crippen LogP contribution in [0.2, 0.25) is 0 Å². The Hall–Kier alpha value is -3.61. The van der Waals surface area contributed by atoms with Crippen molar-refractivity contribution in [2.75, 3.05) is 19.0 Å². The van der Waals surface area contributed by atoms with Crippen molar-refractivity contribution in [2.45, 2.75) is 19.8 Å². The maximum Gasteiger partial charge on any atom is 0.286 e. The molecule has 0 fully saturated rings. The number of rotatable bonds is 6. The molecule has 1 amide bonds. The summed E-state index contributed by atoms with van der Waals surface area (Å²) in [5, 5.41) is 16.5. The van der Waals surface area contributed by atoms with Gasteiger partial charge in [0.05, 0.1) is 24.7 Å². The molecule has 0 heterocycles. The molecule has 0 aromatic heterocycles. The van der Waals surface area contributed by atoms with Crippen LogP contribution in [-0.4, -0.2) is 24.5 Å². The Kier molecular flexibility index (Phi) is 4.80. The van der Waals surface area contributed by atoms with Crippen LogP contribution in [0.25, 0.3) is 10.8 Å². The van der Waals surface area contributed by atoms with Crippen molar-refractivity contribution in [1.29, 1.82) is 0 Å². The lowest BCUT2D eigenvalue weighted by atomic mass is 10.0. The van der Waals surface area contributed by atoms with Crippen LogP contribution >= 0.6 is 0 Å². The molecule has 0 saturated heterocycles. The van der Waals surface area contributed by atoms with Gasteiger partial charge in [-0.15, -0.1) is 0 Å². The molecule has 7 heteroatoms. The highest BCUT2D eigenvalue weighted by Crippen LogP contribution is 2.37. The zero-order chi connectivity index (χ0) is 20.5. The van der Waals surface area contributed by atoms with Gasteiger partial charge < -0.3 is 14.8 Å². The van der Waals surface area contributed by atoms with Crippen LogP contribution in [0.15, 0.2) is 42.5 Å². The monoisotopic (exact) mass is 392 g/mol. The number of aryl methyl sites for hydroxylation is 2. The molecule has 0 spiro atoms. The fourth-order valence-corrected chi connectivity index (χ4v) is 3.86. The first-order chi connectivity index (χ1) is 14.0. The van der Waals surface area contributed by atoms with Crippen molar-refractivity contribution in [1.82, 2.24) is 0 Å². The lowest BCUT2D eigenvalue weighted by Crippen LogP contribution is -2.15. The van der Waals surface area contributed by atoms with E-state index in [1.54, 1.807) is 6.92 Å². The van der Waals surface area contributed by atoms with Gasteiger partial charge in [0.15, 0.2) is 11.5 Å². The third-order valence-electron chi connectivity index (χ3n) is 5.15. The van der Waals surface area contributed by atoms with Crippen LogP contribution in [-0.2, 0) is 12.8 Å². The highest BCUT2D eigenvalue weighted by molar-refractivity contribution is 6.12. The van der Waals surface area contributed by atoms with Crippen LogP contribution in [0.3, 0.4) is 0 Å². The van der Waals surface area contributed by atoms with E-state index in [4.69, 9.17) is 9.47 Å². The van der Waals surface area contributed by atoms with Crippen LogP contribution in [0, 0.1) is 10.1 Å². The lowest BCUT2D eigenvalue weighted by Gasteiger charge is -2.13. The molecule has 0 bridgehead atoms. The van der Waals surface area contributed by atoms with E-state index in [1.165, 1.54) is 30.4 Å². The summed E-state index contributed by atoms with van der Waals surface area (Å²) in [4.78, 5) is 24.0. The fraction of sp³-hybridized carbons (Fsp3) is 0.227. The van der Waals surface area contributed by atoms with Crippen molar-refractivity contribution >= 4 is 28.1 Å². The number of nitro benzene ring substituents is 1. The van der Waals surface area contributed by atoms with E-state index in [2.05, 4.69) is 11.4 Å². The minimum absolute atomic E-state index is 0.0847. The smallest absolute Gasteiger partial charge is 0.286 e. The maximum absolute atomic E-state index is 13.0. The molecule has 1 N–H and O–H groups in total. The van der Waals surface area contributed by atoms with Gasteiger partial charge >= 0.3 is 0 Å². The van der Waals surface area contributed by atoms with Crippen LogP contribution < -0.4 is 14.8 Å². The Bertz CT molecular complexity index is 1130. The number of nitrogens with one attached hydrogen (secondary N) is 1. The average Bonchev–Trinajstić information content (AvgIpc) is 3.14. The molecule has 4 rings (SSSR count). The van der Waals surface area contributed by atoms with Gasteiger partial charge in [-0.05, 0) is 42.3 Å². The van der Waals surface area contributed by atoms with Gasteiger partial charge in [-0.1, -0.05) is 24.3 Å². The molecular weight excluding hydrogens is 372 g/mol. The first kappa shape index (κ1) is 18.7. The van der Waals surface area contributed by atoms with Gasteiger partial charge in [0.2, 0.25) is 0 Å². The molecule has 0 atom stereocenters. The molecule has 1 aliphatic carbocycles. The molecule has 148 valence electrons. The lowest BCUT2D eigenvalue weighted by molar-refractivity contribution is -0.385. The molecule has 0 saturated carbocycles. The highest BCUT2D eigenvalue weighted by atomic mass is 16.6. The van der Waals surface area contributed by atoms with Gasteiger partial charge in [-0.3, -0.25) is 14.9 Å². The normalized spacial score (nSPS) is 12.1. The number of hydrogen-bond acceptors (Lipinski definition) is 5. The number of hydrogen-bond donors (Lipinski definition) is 1. The zero-order valence-corrected chi connectivity index (χ0v) is 16.2. The van der Waals surface area contributed by atoms with E-state index in [0.717, 1.165) is 23.6 Å². The van der Waals surface area contributed by atoms with E-state index in [0.29, 0.717) is 12.3 Å². The van der Waals surface area contributed by atoms with Gasteiger partial charge in [0.1, 0.15) is 5.56 Å². The standard InChI is InChI=1S/C22H20N2O5/c1-3-29-20-12-18(24(26)27)16(11-19(20)28-2)22(25)23-17-10-9-14-8-7-13-5-4-6-15(17)21(13)14/h4-6,9-12H,3,7-8H2,1-2H3,(H,23,25). The average molecular weight is 392 g/mol. The van der Waals surface area contributed by atoms with E-state index in [1.807, 2.05) is 24.3 Å². The summed E-state index contributed by atoms with van der Waals surface area (Å²) >= 11 is 0. The fourth-order valence-electron chi connectivity index (χ4n) is 3.86. The summed E-state index contributed by atoms with van der Waals surface area (Å²) in [6.45, 7) is 2.08. The predicted octanol–water partition coefficient (Wildman–Crippen LogP) is 4.51. The molecular formula is C22H20N2O5. The SMILES string of the molecule is CCOc1cc([N+](=O)[O-])c(C(=O)Nc2ccc3c4c(cccc24)CC3)cc1OC. The van der Waals surface area contributed by atoms with Crippen molar-refractivity contribution in [3.63, 3.8) is 0 Å². The molecule has 3 aromatic rings. The Morgan fingerprint density at radius 2 is 1.90 bits per heavy atom. The quantitative estimate of drug-likeness (QED) is 0.492. The van der Waals surface area contributed by atoms with E-state index >= 15 is 0 Å². The van der Waals surface area contributed by atoms with E-state index in [-0.39, 0.29) is 22.7 Å². The minimum atomic E-state index is -0.593. The van der Waals surface area contributed by atoms with Crippen LogP contribution in [0.5, 0.6) is 11.5 Å². The third-order valence-corrected chi connectivity index (χ3v) is 5.15. The number of carbonyl (C=O) groups excluding carboxylic acids is 1. The van der Waals surface area contributed by atoms with Gasteiger partial charge in [-0.2, -0.15) is 0 Å². The number of nitro groups is 1. The van der Waals surface area contributed by atoms with Crippen molar-refractivity contribution in [3.05, 3.63) is 69.3 Å². The Labute approximate surface area is 167 Å². The predicted molar refractivity (Wildman–Crippen MR) is 110 cm³/mol. The number of methoxy groups -OCH3 is 1. The zero-order valence-electron chi connectivity index (χ0n) is 16.2. The molecule has 0 aliphatic heterocycles. The summed E-state index contributed by atoms with van der Waals surface area (Å²) in [5.41, 5.74) is 2.71. The van der Waals surface area contributed by atoms with Gasteiger partial charge in [0.25, 0.3) is 11.6 Å². The Morgan fingerprint density at radius 1 is 1.14 bits per heavy atom. The first-order valence-electron chi connectivity index (χ1n) is 9.37. The molecule has 3 aromatic carbocycles. The van der Waals surface area contributed by atoms with Crippen LogP contribution in [0.4, 0.5) is 11.4 Å². The summed E-state index contributed by atoms with van der Waals surface area (Å²) in [6.07, 6.45) is 1.96. The molecule has 0 unspecified atom stereocenters. The Balaban J connectivity index is 1.76. The molecule has 7 nitrogen and oxygen atoms in total. The van der Waals surface area contributed by atoms with E-state index in [9.17, 15) is 14.9 Å². The molecule has 29 heavy (non-hydrogen) atoms. The van der Waals surface area contributed by atoms with Crippen molar-refractivity contribution < 1.29 is 19.2 Å². The van der Waals surface area contributed by atoms with Crippen molar-refractivity contribution in [2.24, 2.45) is 0 Å². The van der Waals surface area contributed by atoms with Gasteiger partial charge in [-0.25, -0.2) is 0 Å². The maximum atomic E-state index is 13.0. The topological polar surface area (TPSA) is 90.7 Å². The number of ether oxygens (including phenoxy) is 2. The van der Waals surface area contributed by atoms with Gasteiger partial charge in [0, 0.05) is 17.1 Å². The summed E-state index contributed by atoms with van der Waals surface area (Å²) in [6, 6.07) is 12.4. The third kappa shape index (κ3) is 3.24. The summed E-state index contributed by atoms with van der Waals surface area (Å²) in [5.74, 6) is -0.0802. The number of nitrogens with zero attached hydrogens (tertiary/aromatic N) is 1. The van der Waals surface area contributed by atoms with Crippen molar-refractivity contribution in [3.8, 4) is 11.5 Å².